The van der Waals surface area contributed by atoms with E-state index in [2.05, 4.69) is 36.0 Å². The quantitative estimate of drug-likeness (QED) is 0.363. The van der Waals surface area contributed by atoms with E-state index in [4.69, 9.17) is 15.2 Å². The van der Waals surface area contributed by atoms with Gasteiger partial charge in [0, 0.05) is 24.2 Å². The molecule has 1 aromatic carbocycles. The largest absolute Gasteiger partial charge is 0.490 e. The average Bonchev–Trinajstić information content (AvgIpc) is 2.88. The summed E-state index contributed by atoms with van der Waals surface area (Å²) in [6, 6.07) is 6.22. The first-order valence-corrected chi connectivity index (χ1v) is 10.2. The smallest absolute Gasteiger partial charge is 0.193 e. The molecule has 6 nitrogen and oxygen atoms in total. The highest BCUT2D eigenvalue weighted by Crippen LogP contribution is 2.32. The average molecular weight is 502 g/mol. The Hall–Kier alpha value is -1.22. The van der Waals surface area contributed by atoms with Gasteiger partial charge in [-0.3, -0.25) is 9.89 Å². The highest BCUT2D eigenvalue weighted by molar-refractivity contribution is 14.0. The number of ether oxygens (including phenoxy) is 2. The maximum Gasteiger partial charge on any atom is 0.193 e. The predicted octanol–water partition coefficient (Wildman–Crippen LogP) is 3.95. The maximum absolute atomic E-state index is 6.16. The second-order valence-corrected chi connectivity index (χ2v) is 8.09. The van der Waals surface area contributed by atoms with Crippen molar-refractivity contribution in [2.75, 3.05) is 38.2 Å². The minimum atomic E-state index is 0. The number of nitrogens with zero attached hydrogens (tertiary/aromatic N) is 2. The first-order valence-electron chi connectivity index (χ1n) is 10.2. The predicted molar refractivity (Wildman–Crippen MR) is 126 cm³/mol. The molecule has 0 saturated carbocycles. The van der Waals surface area contributed by atoms with Crippen LogP contribution in [0.15, 0.2) is 23.2 Å². The number of nitrogens with two attached hydrogens (primary N) is 1. The van der Waals surface area contributed by atoms with Crippen molar-refractivity contribution in [1.82, 2.24) is 4.90 Å². The van der Waals surface area contributed by atoms with Crippen LogP contribution in [-0.4, -0.2) is 49.7 Å². The second-order valence-electron chi connectivity index (χ2n) is 8.09. The van der Waals surface area contributed by atoms with Crippen molar-refractivity contribution in [3.05, 3.63) is 18.2 Å². The molecule has 1 fully saturated rings. The Kier molecular flexibility index (Phi) is 9.14. The van der Waals surface area contributed by atoms with Gasteiger partial charge in [0.15, 0.2) is 17.5 Å². The van der Waals surface area contributed by atoms with Gasteiger partial charge in [-0.2, -0.15) is 0 Å². The van der Waals surface area contributed by atoms with E-state index in [-0.39, 0.29) is 24.0 Å². The van der Waals surface area contributed by atoms with Crippen LogP contribution in [0.4, 0.5) is 5.69 Å². The van der Waals surface area contributed by atoms with Crippen LogP contribution in [0.25, 0.3) is 0 Å². The standard InChI is InChI=1S/C21H34N4O2.HI/c1-15(2)18(25-9-7-16(3)8-10-25)14-23-21(22)24-17-5-6-19-20(13-17)27-12-4-11-26-19;/h5-6,13,15-16,18H,4,7-12,14H2,1-3H3,(H3,22,23,24);1H. The van der Waals surface area contributed by atoms with Crippen molar-refractivity contribution in [3.63, 3.8) is 0 Å². The number of benzene rings is 1. The molecule has 1 atom stereocenters. The van der Waals surface area contributed by atoms with Crippen LogP contribution < -0.4 is 20.5 Å². The number of hydrogen-bond acceptors (Lipinski definition) is 4. The van der Waals surface area contributed by atoms with E-state index in [9.17, 15) is 0 Å². The van der Waals surface area contributed by atoms with E-state index >= 15 is 0 Å². The summed E-state index contributed by atoms with van der Waals surface area (Å²) in [7, 11) is 0. The van der Waals surface area contributed by atoms with Gasteiger partial charge in [0.2, 0.25) is 0 Å². The molecule has 0 bridgehead atoms. The third-order valence-electron chi connectivity index (χ3n) is 5.53. The fourth-order valence-corrected chi connectivity index (χ4v) is 3.73. The van der Waals surface area contributed by atoms with Crippen molar-refractivity contribution in [1.29, 1.82) is 0 Å². The van der Waals surface area contributed by atoms with Gasteiger partial charge in [-0.15, -0.1) is 24.0 Å². The van der Waals surface area contributed by atoms with E-state index in [1.807, 2.05) is 18.2 Å². The Morgan fingerprint density at radius 1 is 1.21 bits per heavy atom. The summed E-state index contributed by atoms with van der Waals surface area (Å²) in [5.41, 5.74) is 7.03. The molecule has 2 aliphatic heterocycles. The summed E-state index contributed by atoms with van der Waals surface area (Å²) in [5, 5.41) is 3.19. The lowest BCUT2D eigenvalue weighted by Crippen LogP contribution is -2.45. The van der Waals surface area contributed by atoms with Gasteiger partial charge in [-0.25, -0.2) is 0 Å². The van der Waals surface area contributed by atoms with Gasteiger partial charge in [-0.1, -0.05) is 20.8 Å². The monoisotopic (exact) mass is 502 g/mol. The molecule has 1 aromatic rings. The molecule has 1 unspecified atom stereocenters. The molecular weight excluding hydrogens is 467 g/mol. The fraction of sp³-hybridized carbons (Fsp3) is 0.667. The van der Waals surface area contributed by atoms with Crippen LogP contribution in [0.5, 0.6) is 11.5 Å². The Morgan fingerprint density at radius 2 is 1.89 bits per heavy atom. The molecule has 3 N–H and O–H groups in total. The van der Waals surface area contributed by atoms with Crippen LogP contribution in [0, 0.1) is 11.8 Å². The van der Waals surface area contributed by atoms with E-state index in [0.29, 0.717) is 31.1 Å². The fourth-order valence-electron chi connectivity index (χ4n) is 3.73. The number of fused-ring (bicyclic) bond motifs is 1. The maximum atomic E-state index is 6.16. The van der Waals surface area contributed by atoms with Crippen molar-refractivity contribution >= 4 is 35.6 Å². The topological polar surface area (TPSA) is 72.1 Å². The summed E-state index contributed by atoms with van der Waals surface area (Å²) in [5.74, 6) is 3.37. The first-order chi connectivity index (χ1) is 13.0. The number of rotatable bonds is 5. The van der Waals surface area contributed by atoms with E-state index in [0.717, 1.165) is 49.2 Å². The van der Waals surface area contributed by atoms with Gasteiger partial charge in [0.1, 0.15) is 0 Å². The summed E-state index contributed by atoms with van der Waals surface area (Å²) in [4.78, 5) is 7.21. The number of halogens is 1. The van der Waals surface area contributed by atoms with Crippen LogP contribution in [0.1, 0.15) is 40.0 Å². The zero-order chi connectivity index (χ0) is 19.2. The van der Waals surface area contributed by atoms with Crippen molar-refractivity contribution in [3.8, 4) is 11.5 Å². The first kappa shape index (κ1) is 23.1. The lowest BCUT2D eigenvalue weighted by molar-refractivity contribution is 0.113. The van der Waals surface area contributed by atoms with Crippen molar-refractivity contribution in [2.45, 2.75) is 46.1 Å². The van der Waals surface area contributed by atoms with Crippen LogP contribution in [-0.2, 0) is 0 Å². The molecule has 2 heterocycles. The third kappa shape index (κ3) is 6.40. The summed E-state index contributed by atoms with van der Waals surface area (Å²) >= 11 is 0. The van der Waals surface area contributed by atoms with Crippen LogP contribution in [0.3, 0.4) is 0 Å². The number of hydrogen-bond donors (Lipinski definition) is 2. The molecule has 0 aromatic heterocycles. The number of likely N-dealkylation sites (tertiary alicyclic amines) is 1. The highest BCUT2D eigenvalue weighted by atomic mass is 127. The van der Waals surface area contributed by atoms with Gasteiger partial charge >= 0.3 is 0 Å². The molecule has 0 radical (unpaired) electrons. The second kappa shape index (κ2) is 11.1. The van der Waals surface area contributed by atoms with E-state index in [1.165, 1.54) is 12.8 Å². The third-order valence-corrected chi connectivity index (χ3v) is 5.53. The lowest BCUT2D eigenvalue weighted by Gasteiger charge is -2.38. The Labute approximate surface area is 186 Å². The van der Waals surface area contributed by atoms with Crippen molar-refractivity contribution < 1.29 is 9.47 Å². The van der Waals surface area contributed by atoms with E-state index in [1.54, 1.807) is 0 Å². The summed E-state index contributed by atoms with van der Waals surface area (Å²) < 4.78 is 11.4. The van der Waals surface area contributed by atoms with Gasteiger partial charge < -0.3 is 20.5 Å². The van der Waals surface area contributed by atoms with Gasteiger partial charge in [0.25, 0.3) is 0 Å². The van der Waals surface area contributed by atoms with E-state index < -0.39 is 0 Å². The SMILES string of the molecule is CC1CCN(C(CN=C(N)Nc2ccc3c(c2)OCCCO3)C(C)C)CC1.I. The Balaban J connectivity index is 0.00000280. The minimum Gasteiger partial charge on any atom is -0.490 e. The number of guanidine groups is 1. The van der Waals surface area contributed by atoms with Gasteiger partial charge in [-0.05, 0) is 49.9 Å². The van der Waals surface area contributed by atoms with Crippen LogP contribution >= 0.6 is 24.0 Å². The van der Waals surface area contributed by atoms with Gasteiger partial charge in [0.05, 0.1) is 19.8 Å². The molecule has 1 saturated heterocycles. The molecule has 7 heteroatoms. The number of piperidine rings is 1. The molecule has 158 valence electrons. The molecule has 0 spiro atoms. The normalized spacial score (nSPS) is 19.6. The molecule has 28 heavy (non-hydrogen) atoms. The van der Waals surface area contributed by atoms with Crippen LogP contribution in [0.2, 0.25) is 0 Å². The zero-order valence-corrected chi connectivity index (χ0v) is 19.6. The summed E-state index contributed by atoms with van der Waals surface area (Å²) in [6.07, 6.45) is 3.45. The Bertz CT molecular complexity index is 645. The van der Waals surface area contributed by atoms with Crippen molar-refractivity contribution in [2.24, 2.45) is 22.6 Å². The molecule has 2 aliphatic rings. The zero-order valence-electron chi connectivity index (χ0n) is 17.3. The molecular formula is C21H35IN4O2. The minimum absolute atomic E-state index is 0. The molecule has 0 aliphatic carbocycles. The highest BCUT2D eigenvalue weighted by Gasteiger charge is 2.25. The summed E-state index contributed by atoms with van der Waals surface area (Å²) in [6.45, 7) is 11.3. The molecule has 0 amide bonds. The molecule has 3 rings (SSSR count). The number of nitrogens with one attached hydrogen (secondary N) is 1. The number of anilines is 1. The Morgan fingerprint density at radius 3 is 2.57 bits per heavy atom. The lowest BCUT2D eigenvalue weighted by atomic mass is 9.94. The number of aliphatic imine (C=N–C) groups is 1.